The molecule has 0 atom stereocenters. The molecule has 2 rings (SSSR count). The van der Waals surface area contributed by atoms with Crippen LogP contribution in [0.5, 0.6) is 0 Å². The van der Waals surface area contributed by atoms with E-state index >= 15 is 0 Å². The Morgan fingerprint density at radius 3 is 2.43 bits per heavy atom. The fraction of sp³-hybridized carbons (Fsp3) is 0.125. The Morgan fingerprint density at radius 2 is 1.87 bits per heavy atom. The third-order valence-electron chi connectivity index (χ3n) is 3.15. The molecule has 0 fully saturated rings. The van der Waals surface area contributed by atoms with Crippen LogP contribution in [-0.4, -0.2) is 20.1 Å². The van der Waals surface area contributed by atoms with E-state index in [-0.39, 0.29) is 22.6 Å². The second-order valence-corrected chi connectivity index (χ2v) is 6.72. The first kappa shape index (κ1) is 16.6. The molecule has 0 saturated carbocycles. The van der Waals surface area contributed by atoms with Crippen molar-refractivity contribution in [2.45, 2.75) is 6.92 Å². The van der Waals surface area contributed by atoms with Gasteiger partial charge in [0.1, 0.15) is 11.9 Å². The normalized spacial score (nSPS) is 10.8. The molecule has 0 bridgehead atoms. The number of carbonyl (C=O) groups excluding carboxylic acids is 1. The van der Waals surface area contributed by atoms with Crippen molar-refractivity contribution in [1.82, 2.24) is 0 Å². The highest BCUT2D eigenvalue weighted by molar-refractivity contribution is 7.93. The van der Waals surface area contributed by atoms with E-state index in [1.807, 2.05) is 0 Å². The third-order valence-corrected chi connectivity index (χ3v) is 4.79. The predicted molar refractivity (Wildman–Crippen MR) is 83.8 cm³/mol. The number of nitrogens with zero attached hydrogens (tertiary/aromatic N) is 2. The molecule has 0 aromatic heterocycles. The molecule has 23 heavy (non-hydrogen) atoms. The largest absolute Gasteiger partial charge is 0.272 e. The van der Waals surface area contributed by atoms with E-state index in [1.165, 1.54) is 19.1 Å². The van der Waals surface area contributed by atoms with Gasteiger partial charge < -0.3 is 0 Å². The zero-order chi connectivity index (χ0) is 17.0. The summed E-state index contributed by atoms with van der Waals surface area (Å²) in [6.45, 7) is 1.39. The number of benzene rings is 2. The minimum absolute atomic E-state index is 0.151. The molecule has 0 heterocycles. The smallest absolute Gasteiger partial charge is 0.268 e. The summed E-state index contributed by atoms with van der Waals surface area (Å²) in [7, 11) is -4.00. The summed E-state index contributed by atoms with van der Waals surface area (Å²) in [5, 5.41) is 9.13. The molecule has 2 aromatic carbocycles. The SMILES string of the molecule is CCS(=O)(=O)N(C(=O)c1ccccc1)c1ccc(F)cc1C#N. The lowest BCUT2D eigenvalue weighted by atomic mass is 10.1. The molecular weight excluding hydrogens is 319 g/mol. The molecular formula is C16H13FN2O3S. The van der Waals surface area contributed by atoms with E-state index in [0.717, 1.165) is 18.2 Å². The second-order valence-electron chi connectivity index (χ2n) is 4.61. The van der Waals surface area contributed by atoms with Crippen LogP contribution in [0, 0.1) is 17.1 Å². The Balaban J connectivity index is 2.67. The number of nitriles is 1. The fourth-order valence-corrected chi connectivity index (χ4v) is 3.06. The lowest BCUT2D eigenvalue weighted by Crippen LogP contribution is -2.38. The van der Waals surface area contributed by atoms with Gasteiger partial charge in [-0.2, -0.15) is 5.26 Å². The summed E-state index contributed by atoms with van der Waals surface area (Å²) < 4.78 is 38.6. The van der Waals surface area contributed by atoms with Gasteiger partial charge >= 0.3 is 0 Å². The monoisotopic (exact) mass is 332 g/mol. The van der Waals surface area contributed by atoms with Gasteiger partial charge in [-0.15, -0.1) is 0 Å². The maximum absolute atomic E-state index is 13.3. The zero-order valence-corrected chi connectivity index (χ0v) is 13.0. The van der Waals surface area contributed by atoms with Crippen LogP contribution in [0.4, 0.5) is 10.1 Å². The molecule has 0 unspecified atom stereocenters. The minimum atomic E-state index is -4.00. The molecule has 1 amide bonds. The minimum Gasteiger partial charge on any atom is -0.268 e. The number of hydrogen-bond acceptors (Lipinski definition) is 4. The summed E-state index contributed by atoms with van der Waals surface area (Å²) in [6.07, 6.45) is 0. The summed E-state index contributed by atoms with van der Waals surface area (Å²) in [5.74, 6) is -1.82. The van der Waals surface area contributed by atoms with Crippen molar-refractivity contribution in [1.29, 1.82) is 5.26 Å². The molecule has 0 saturated heterocycles. The van der Waals surface area contributed by atoms with Crippen LogP contribution >= 0.6 is 0 Å². The number of halogens is 1. The molecule has 0 aliphatic heterocycles. The van der Waals surface area contributed by atoms with Crippen LogP contribution in [0.2, 0.25) is 0 Å². The third kappa shape index (κ3) is 3.38. The van der Waals surface area contributed by atoms with Gasteiger partial charge in [-0.05, 0) is 37.3 Å². The molecule has 0 aliphatic carbocycles. The zero-order valence-electron chi connectivity index (χ0n) is 12.2. The van der Waals surface area contributed by atoms with Gasteiger partial charge in [0.05, 0.1) is 17.0 Å². The summed E-state index contributed by atoms with van der Waals surface area (Å²) in [6, 6.07) is 12.6. The Hall–Kier alpha value is -2.72. The summed E-state index contributed by atoms with van der Waals surface area (Å²) in [4.78, 5) is 12.6. The van der Waals surface area contributed by atoms with Crippen LogP contribution in [0.3, 0.4) is 0 Å². The molecule has 0 radical (unpaired) electrons. The first-order valence-corrected chi connectivity index (χ1v) is 8.33. The van der Waals surface area contributed by atoms with E-state index in [4.69, 9.17) is 5.26 Å². The van der Waals surface area contributed by atoms with Crippen molar-refractivity contribution in [3.63, 3.8) is 0 Å². The molecule has 5 nitrogen and oxygen atoms in total. The van der Waals surface area contributed by atoms with Crippen molar-refractivity contribution in [2.24, 2.45) is 0 Å². The number of sulfonamides is 1. The van der Waals surface area contributed by atoms with E-state index in [0.29, 0.717) is 4.31 Å². The predicted octanol–water partition coefficient (Wildman–Crippen LogP) is 2.69. The molecule has 118 valence electrons. The highest BCUT2D eigenvalue weighted by Crippen LogP contribution is 2.26. The fourth-order valence-electron chi connectivity index (χ4n) is 1.99. The van der Waals surface area contributed by atoms with Gasteiger partial charge in [-0.1, -0.05) is 18.2 Å². The van der Waals surface area contributed by atoms with E-state index < -0.39 is 21.7 Å². The van der Waals surface area contributed by atoms with Gasteiger partial charge in [0.2, 0.25) is 10.0 Å². The van der Waals surface area contributed by atoms with E-state index in [1.54, 1.807) is 24.3 Å². The maximum Gasteiger partial charge on any atom is 0.272 e. The van der Waals surface area contributed by atoms with Gasteiger partial charge in [0.15, 0.2) is 0 Å². The van der Waals surface area contributed by atoms with E-state index in [9.17, 15) is 17.6 Å². The topological polar surface area (TPSA) is 78.2 Å². The molecule has 7 heteroatoms. The van der Waals surface area contributed by atoms with Crippen molar-refractivity contribution in [3.8, 4) is 6.07 Å². The van der Waals surface area contributed by atoms with Crippen LogP contribution in [0.25, 0.3) is 0 Å². The maximum atomic E-state index is 13.3. The summed E-state index contributed by atoms with van der Waals surface area (Å²) >= 11 is 0. The lowest BCUT2D eigenvalue weighted by Gasteiger charge is -2.23. The van der Waals surface area contributed by atoms with Crippen LogP contribution in [0.1, 0.15) is 22.8 Å². The second kappa shape index (κ2) is 6.58. The average Bonchev–Trinajstić information content (AvgIpc) is 2.56. The number of anilines is 1. The number of rotatable bonds is 4. The number of hydrogen-bond donors (Lipinski definition) is 0. The van der Waals surface area contributed by atoms with E-state index in [2.05, 4.69) is 0 Å². The molecule has 0 aliphatic rings. The van der Waals surface area contributed by atoms with Gasteiger partial charge in [0.25, 0.3) is 5.91 Å². The molecule has 0 N–H and O–H groups in total. The quantitative estimate of drug-likeness (QED) is 0.862. The molecule has 2 aromatic rings. The van der Waals surface area contributed by atoms with Crippen LogP contribution in [-0.2, 0) is 10.0 Å². The highest BCUT2D eigenvalue weighted by atomic mass is 32.2. The summed E-state index contributed by atoms with van der Waals surface area (Å²) in [5.41, 5.74) is -0.242. The number of carbonyl (C=O) groups is 1. The Bertz CT molecular complexity index is 874. The Morgan fingerprint density at radius 1 is 1.22 bits per heavy atom. The highest BCUT2D eigenvalue weighted by Gasteiger charge is 2.30. The van der Waals surface area contributed by atoms with Crippen molar-refractivity contribution in [2.75, 3.05) is 10.1 Å². The number of amides is 1. The van der Waals surface area contributed by atoms with Gasteiger partial charge in [0, 0.05) is 5.56 Å². The van der Waals surface area contributed by atoms with Crippen molar-refractivity contribution < 1.29 is 17.6 Å². The van der Waals surface area contributed by atoms with Crippen molar-refractivity contribution in [3.05, 3.63) is 65.5 Å². The van der Waals surface area contributed by atoms with Crippen molar-refractivity contribution >= 4 is 21.6 Å². The Labute approximate surface area is 133 Å². The van der Waals surface area contributed by atoms with Gasteiger partial charge in [-0.25, -0.2) is 17.1 Å². The Kier molecular flexibility index (Phi) is 4.77. The first-order valence-electron chi connectivity index (χ1n) is 6.72. The van der Waals surface area contributed by atoms with Crippen LogP contribution in [0.15, 0.2) is 48.5 Å². The first-order chi connectivity index (χ1) is 10.9. The van der Waals surface area contributed by atoms with Crippen LogP contribution < -0.4 is 4.31 Å². The molecule has 0 spiro atoms. The van der Waals surface area contributed by atoms with Gasteiger partial charge in [-0.3, -0.25) is 4.79 Å². The lowest BCUT2D eigenvalue weighted by molar-refractivity contribution is 0.101. The standard InChI is InChI=1S/C16H13FN2O3S/c1-2-23(21,22)19(16(20)12-6-4-3-5-7-12)15-9-8-14(17)10-13(15)11-18/h3-10H,2H2,1H3. The average molecular weight is 332 g/mol.